The Hall–Kier alpha value is -3.41. The largest absolute Gasteiger partial charge is 0.352 e. The number of halogens is 2. The molecule has 2 heterocycles. The molecular weight excluding hydrogens is 475 g/mol. The van der Waals surface area contributed by atoms with Crippen LogP contribution in [0.15, 0.2) is 42.5 Å². The zero-order chi connectivity index (χ0) is 23.7. The van der Waals surface area contributed by atoms with Crippen molar-refractivity contribution < 1.29 is 19.3 Å². The minimum atomic E-state index is -0.990. The Morgan fingerprint density at radius 1 is 1.12 bits per heavy atom. The number of piperidine rings is 1. The van der Waals surface area contributed by atoms with E-state index in [1.54, 1.807) is 12.1 Å². The third-order valence-corrected chi connectivity index (χ3v) is 5.89. The summed E-state index contributed by atoms with van der Waals surface area (Å²) < 4.78 is 0. The monoisotopic (exact) mass is 492 g/mol. The van der Waals surface area contributed by atoms with Crippen LogP contribution in [0.25, 0.3) is 0 Å². The van der Waals surface area contributed by atoms with Gasteiger partial charge in [0, 0.05) is 29.3 Å². The zero-order valence-electron chi connectivity index (χ0n) is 16.8. The normalized spacial score (nSPS) is 24.2. The van der Waals surface area contributed by atoms with Crippen molar-refractivity contribution in [1.29, 1.82) is 0 Å². The van der Waals surface area contributed by atoms with Gasteiger partial charge in [-0.05, 0) is 24.3 Å². The van der Waals surface area contributed by atoms with E-state index < -0.39 is 46.9 Å². The average molecular weight is 493 g/mol. The van der Waals surface area contributed by atoms with E-state index in [2.05, 4.69) is 26.6 Å². The van der Waals surface area contributed by atoms with Gasteiger partial charge < -0.3 is 21.3 Å². The Bertz CT molecular complexity index is 1150. The minimum Gasteiger partial charge on any atom is -0.352 e. The summed E-state index contributed by atoms with van der Waals surface area (Å²) in [4.78, 5) is 48.5. The topological polar surface area (TPSA) is 154 Å². The molecule has 2 aliphatic rings. The number of benzene rings is 2. The fourth-order valence-electron chi connectivity index (χ4n) is 3.85. The van der Waals surface area contributed by atoms with Crippen LogP contribution in [0.2, 0.25) is 10.0 Å². The van der Waals surface area contributed by atoms with Gasteiger partial charge in [0.1, 0.15) is 0 Å². The number of hydrogen-bond donors (Lipinski definition) is 5. The molecule has 4 atom stereocenters. The first-order valence-electron chi connectivity index (χ1n) is 9.84. The summed E-state index contributed by atoms with van der Waals surface area (Å²) in [7, 11) is 0. The molecule has 0 aliphatic carbocycles. The molecule has 172 valence electrons. The summed E-state index contributed by atoms with van der Waals surface area (Å²) in [5.41, 5.74) is 0.496. The van der Waals surface area contributed by atoms with Gasteiger partial charge in [-0.25, -0.2) is 0 Å². The van der Waals surface area contributed by atoms with Crippen molar-refractivity contribution in [2.75, 3.05) is 10.6 Å². The second-order valence-corrected chi connectivity index (χ2v) is 8.40. The molecule has 0 radical (unpaired) electrons. The number of fused-ring (bicyclic) bond motifs is 1. The Kier molecular flexibility index (Phi) is 6.36. The van der Waals surface area contributed by atoms with E-state index in [1.807, 2.05) is 0 Å². The second-order valence-electron chi connectivity index (χ2n) is 7.56. The molecule has 2 aromatic carbocycles. The first-order chi connectivity index (χ1) is 15.7. The number of nitrogens with zero attached hydrogens (tertiary/aromatic N) is 1. The number of rotatable bonds is 5. The zero-order valence-corrected chi connectivity index (χ0v) is 18.3. The molecular formula is C20H18Cl2N6O5. The highest BCUT2D eigenvalue weighted by molar-refractivity contribution is 6.36. The van der Waals surface area contributed by atoms with Gasteiger partial charge in [-0.15, -0.1) is 0 Å². The van der Waals surface area contributed by atoms with Crippen molar-refractivity contribution in [3.05, 3.63) is 62.6 Å². The summed E-state index contributed by atoms with van der Waals surface area (Å²) in [5, 5.41) is 25.8. The van der Waals surface area contributed by atoms with Crippen molar-refractivity contribution in [1.82, 2.24) is 16.0 Å². The molecule has 2 aromatic rings. The van der Waals surface area contributed by atoms with Crippen LogP contribution in [-0.4, -0.2) is 35.1 Å². The Labute approximate surface area is 197 Å². The van der Waals surface area contributed by atoms with Gasteiger partial charge in [-0.1, -0.05) is 29.3 Å². The molecule has 3 amide bonds. The van der Waals surface area contributed by atoms with Gasteiger partial charge in [-0.3, -0.25) is 29.8 Å². The molecule has 2 fully saturated rings. The third-order valence-electron chi connectivity index (χ3n) is 5.34. The van der Waals surface area contributed by atoms with Crippen LogP contribution in [0.4, 0.5) is 17.1 Å². The first-order valence-corrected chi connectivity index (χ1v) is 10.6. The highest BCUT2D eigenvalue weighted by Crippen LogP contribution is 2.30. The molecule has 33 heavy (non-hydrogen) atoms. The van der Waals surface area contributed by atoms with Crippen molar-refractivity contribution in [3.8, 4) is 0 Å². The molecule has 2 saturated heterocycles. The van der Waals surface area contributed by atoms with E-state index in [-0.39, 0.29) is 17.8 Å². The number of carbonyl (C=O) groups excluding carboxylic acids is 3. The van der Waals surface area contributed by atoms with Crippen molar-refractivity contribution in [3.63, 3.8) is 0 Å². The quantitative estimate of drug-likeness (QED) is 0.315. The SMILES string of the molecule is O=C1CC(C(=O)Nc2cccc([N+](=O)[O-])c2)C2C(=O)NC(Nc3ccc(Cl)cc3Cl)NC2N1. The molecule has 2 aliphatic heterocycles. The fraction of sp³-hybridized carbons (Fsp3) is 0.250. The lowest BCUT2D eigenvalue weighted by Crippen LogP contribution is -2.72. The van der Waals surface area contributed by atoms with E-state index in [9.17, 15) is 24.5 Å². The van der Waals surface area contributed by atoms with Crippen LogP contribution in [0.5, 0.6) is 0 Å². The average Bonchev–Trinajstić information content (AvgIpc) is 2.75. The molecule has 5 N–H and O–H groups in total. The predicted octanol–water partition coefficient (Wildman–Crippen LogP) is 2.03. The molecule has 4 rings (SSSR count). The van der Waals surface area contributed by atoms with Crippen LogP contribution in [0.1, 0.15) is 6.42 Å². The third kappa shape index (κ3) is 5.00. The maximum atomic E-state index is 12.9. The Morgan fingerprint density at radius 3 is 2.64 bits per heavy atom. The highest BCUT2D eigenvalue weighted by atomic mass is 35.5. The number of nitro benzene ring substituents is 1. The van der Waals surface area contributed by atoms with Gasteiger partial charge >= 0.3 is 0 Å². The number of amides is 3. The van der Waals surface area contributed by atoms with Crippen molar-refractivity contribution in [2.45, 2.75) is 18.9 Å². The van der Waals surface area contributed by atoms with Gasteiger partial charge in [0.2, 0.25) is 17.7 Å². The summed E-state index contributed by atoms with van der Waals surface area (Å²) in [6.45, 7) is 0. The van der Waals surface area contributed by atoms with Crippen LogP contribution < -0.4 is 26.6 Å². The number of hydrogen-bond acceptors (Lipinski definition) is 7. The molecule has 11 nitrogen and oxygen atoms in total. The van der Waals surface area contributed by atoms with E-state index in [0.29, 0.717) is 15.7 Å². The summed E-state index contributed by atoms with van der Waals surface area (Å²) in [6.07, 6.45) is -1.82. The van der Waals surface area contributed by atoms with Gasteiger partial charge in [0.15, 0.2) is 6.29 Å². The number of carbonyl (C=O) groups is 3. The lowest BCUT2D eigenvalue weighted by Gasteiger charge is -2.43. The molecule has 4 unspecified atom stereocenters. The number of nitro groups is 1. The molecule has 0 bridgehead atoms. The summed E-state index contributed by atoms with van der Waals surface area (Å²) in [6, 6.07) is 10.2. The summed E-state index contributed by atoms with van der Waals surface area (Å²) >= 11 is 12.1. The molecule has 0 saturated carbocycles. The Morgan fingerprint density at radius 2 is 1.91 bits per heavy atom. The second kappa shape index (κ2) is 9.22. The van der Waals surface area contributed by atoms with Crippen LogP contribution in [0, 0.1) is 22.0 Å². The van der Waals surface area contributed by atoms with E-state index >= 15 is 0 Å². The van der Waals surface area contributed by atoms with Crippen molar-refractivity contribution in [2.24, 2.45) is 11.8 Å². The standard InChI is InChI=1S/C20H18Cl2N6O5/c21-9-4-5-14(13(22)6-9)24-20-26-17-16(19(31)27-20)12(8-15(29)25-17)18(30)23-10-2-1-3-11(7-10)28(32)33/h1-7,12,16-17,20,24,26H,8H2,(H,23,30)(H,25,29)(H,27,31). The van der Waals surface area contributed by atoms with E-state index in [0.717, 1.165) is 0 Å². The smallest absolute Gasteiger partial charge is 0.271 e. The van der Waals surface area contributed by atoms with E-state index in [4.69, 9.17) is 23.2 Å². The van der Waals surface area contributed by atoms with Crippen LogP contribution in [-0.2, 0) is 14.4 Å². The van der Waals surface area contributed by atoms with Crippen LogP contribution >= 0.6 is 23.2 Å². The van der Waals surface area contributed by atoms with Gasteiger partial charge in [-0.2, -0.15) is 0 Å². The minimum absolute atomic E-state index is 0.192. The number of nitrogens with one attached hydrogen (secondary N) is 5. The lowest BCUT2D eigenvalue weighted by atomic mass is 9.81. The predicted molar refractivity (Wildman–Crippen MR) is 120 cm³/mol. The molecule has 0 aromatic heterocycles. The van der Waals surface area contributed by atoms with Gasteiger partial charge in [0.25, 0.3) is 5.69 Å². The number of non-ortho nitro benzene ring substituents is 1. The maximum absolute atomic E-state index is 12.9. The number of anilines is 2. The maximum Gasteiger partial charge on any atom is 0.271 e. The summed E-state index contributed by atoms with van der Waals surface area (Å²) in [5.74, 6) is -3.36. The van der Waals surface area contributed by atoms with Crippen molar-refractivity contribution >= 4 is 58.0 Å². The fourth-order valence-corrected chi connectivity index (χ4v) is 4.31. The van der Waals surface area contributed by atoms with Crippen LogP contribution in [0.3, 0.4) is 0 Å². The van der Waals surface area contributed by atoms with E-state index in [1.165, 1.54) is 30.3 Å². The van der Waals surface area contributed by atoms with Gasteiger partial charge in [0.05, 0.1) is 33.6 Å². The molecule has 0 spiro atoms. The Balaban J connectivity index is 1.49. The lowest BCUT2D eigenvalue weighted by molar-refractivity contribution is -0.384. The molecule has 13 heteroatoms. The highest BCUT2D eigenvalue weighted by Gasteiger charge is 2.48. The first kappa shape index (κ1) is 22.8.